The molecule has 2 rings (SSSR count). The molecule has 0 heteroatoms. The van der Waals surface area contributed by atoms with E-state index in [-0.39, 0.29) is 0 Å². The molecule has 14 heavy (non-hydrogen) atoms. The van der Waals surface area contributed by atoms with Crippen LogP contribution in [0.25, 0.3) is 0 Å². The minimum absolute atomic E-state index is 0.723. The zero-order valence-corrected chi connectivity index (χ0v) is 8.72. The summed E-state index contributed by atoms with van der Waals surface area (Å²) < 4.78 is 0. The van der Waals surface area contributed by atoms with E-state index in [0.29, 0.717) is 0 Å². The van der Waals surface area contributed by atoms with Crippen molar-refractivity contribution in [1.29, 1.82) is 0 Å². The first-order chi connectivity index (χ1) is 6.81. The normalized spacial score (nSPS) is 16.9. The molecule has 0 amide bonds. The van der Waals surface area contributed by atoms with Crippen molar-refractivity contribution in [2.45, 2.75) is 38.5 Å². The fourth-order valence-corrected chi connectivity index (χ4v) is 2.39. The van der Waals surface area contributed by atoms with Gasteiger partial charge in [-0.15, -0.1) is 6.42 Å². The molecule has 0 atom stereocenters. The van der Waals surface area contributed by atoms with Crippen molar-refractivity contribution in [1.82, 2.24) is 0 Å². The molecule has 0 aromatic heterocycles. The van der Waals surface area contributed by atoms with E-state index in [9.17, 15) is 0 Å². The monoisotopic (exact) mass is 184 g/mol. The van der Waals surface area contributed by atoms with Gasteiger partial charge in [0.1, 0.15) is 0 Å². The molecule has 0 nitrogen and oxygen atoms in total. The molecule has 0 spiro atoms. The molecule has 0 radical (unpaired) electrons. The van der Waals surface area contributed by atoms with Gasteiger partial charge in [0.15, 0.2) is 0 Å². The second-order valence-corrected chi connectivity index (χ2v) is 4.22. The van der Waals surface area contributed by atoms with Crippen LogP contribution in [0.3, 0.4) is 0 Å². The number of hydrogen-bond donors (Lipinski definition) is 0. The Balaban J connectivity index is 2.39. The van der Waals surface area contributed by atoms with E-state index >= 15 is 0 Å². The molecule has 1 aromatic rings. The highest BCUT2D eigenvalue weighted by Crippen LogP contribution is 2.35. The third-order valence-electron chi connectivity index (χ3n) is 3.16. The number of hydrogen-bond acceptors (Lipinski definition) is 0. The summed E-state index contributed by atoms with van der Waals surface area (Å²) in [7, 11) is 0. The first kappa shape index (κ1) is 9.34. The van der Waals surface area contributed by atoms with Crippen molar-refractivity contribution < 1.29 is 0 Å². The molecule has 0 saturated heterocycles. The van der Waals surface area contributed by atoms with Crippen LogP contribution in [0.1, 0.15) is 48.3 Å². The molecule has 1 aromatic carbocycles. The van der Waals surface area contributed by atoms with Gasteiger partial charge in [0.2, 0.25) is 0 Å². The lowest BCUT2D eigenvalue weighted by atomic mass is 9.92. The van der Waals surface area contributed by atoms with Crippen LogP contribution in [-0.2, 0) is 0 Å². The number of rotatable bonds is 1. The molecular formula is C14H16. The van der Waals surface area contributed by atoms with Gasteiger partial charge in [-0.25, -0.2) is 0 Å². The standard InChI is InChI=1S/C14H16/c1-3-12-9-8-11(2)10-14(12)13-6-4-5-7-13/h1,8-10,13H,4-7H2,2H3. The number of terminal acetylenes is 1. The first-order valence-corrected chi connectivity index (χ1v) is 5.38. The second-order valence-electron chi connectivity index (χ2n) is 4.22. The van der Waals surface area contributed by atoms with Crippen molar-refractivity contribution in [2.75, 3.05) is 0 Å². The Morgan fingerprint density at radius 3 is 2.64 bits per heavy atom. The highest BCUT2D eigenvalue weighted by Gasteiger charge is 2.19. The maximum absolute atomic E-state index is 5.52. The zero-order chi connectivity index (χ0) is 9.97. The zero-order valence-electron chi connectivity index (χ0n) is 8.72. The molecule has 0 unspecified atom stereocenters. The Morgan fingerprint density at radius 1 is 1.29 bits per heavy atom. The van der Waals surface area contributed by atoms with Crippen LogP contribution in [0.4, 0.5) is 0 Å². The lowest BCUT2D eigenvalue weighted by Crippen LogP contribution is -1.96. The molecule has 1 saturated carbocycles. The van der Waals surface area contributed by atoms with Gasteiger partial charge in [-0.1, -0.05) is 36.5 Å². The average molecular weight is 184 g/mol. The minimum Gasteiger partial charge on any atom is -0.115 e. The summed E-state index contributed by atoms with van der Waals surface area (Å²) in [6.45, 7) is 2.14. The molecule has 0 aliphatic heterocycles. The molecule has 0 N–H and O–H groups in total. The average Bonchev–Trinajstić information content (AvgIpc) is 2.70. The van der Waals surface area contributed by atoms with Gasteiger partial charge >= 0.3 is 0 Å². The Labute approximate surface area is 86.3 Å². The lowest BCUT2D eigenvalue weighted by Gasteiger charge is -2.12. The lowest BCUT2D eigenvalue weighted by molar-refractivity contribution is 0.720. The molecular weight excluding hydrogens is 168 g/mol. The summed E-state index contributed by atoms with van der Waals surface area (Å²) in [5, 5.41) is 0. The third kappa shape index (κ3) is 1.68. The van der Waals surface area contributed by atoms with E-state index in [1.807, 2.05) is 0 Å². The van der Waals surface area contributed by atoms with Gasteiger partial charge in [0, 0.05) is 5.56 Å². The maximum atomic E-state index is 5.52. The van der Waals surface area contributed by atoms with E-state index in [2.05, 4.69) is 31.0 Å². The van der Waals surface area contributed by atoms with Crippen LogP contribution in [0.5, 0.6) is 0 Å². The van der Waals surface area contributed by atoms with Crippen molar-refractivity contribution in [3.63, 3.8) is 0 Å². The van der Waals surface area contributed by atoms with Crippen molar-refractivity contribution in [2.24, 2.45) is 0 Å². The fourth-order valence-electron chi connectivity index (χ4n) is 2.39. The molecule has 72 valence electrons. The van der Waals surface area contributed by atoms with Gasteiger partial charge in [0.05, 0.1) is 0 Å². The minimum atomic E-state index is 0.723. The Kier molecular flexibility index (Phi) is 2.59. The van der Waals surface area contributed by atoms with Gasteiger partial charge in [-0.2, -0.15) is 0 Å². The Hall–Kier alpha value is -1.22. The summed E-state index contributed by atoms with van der Waals surface area (Å²) in [4.78, 5) is 0. The van der Waals surface area contributed by atoms with Crippen molar-refractivity contribution >= 4 is 0 Å². The summed E-state index contributed by atoms with van der Waals surface area (Å²) in [6.07, 6.45) is 10.9. The van der Waals surface area contributed by atoms with Crippen LogP contribution in [0.15, 0.2) is 18.2 Å². The summed E-state index contributed by atoms with van der Waals surface area (Å²) in [5.41, 5.74) is 3.83. The largest absolute Gasteiger partial charge is 0.115 e. The van der Waals surface area contributed by atoms with Gasteiger partial charge < -0.3 is 0 Å². The second kappa shape index (κ2) is 3.88. The van der Waals surface area contributed by atoms with E-state index in [0.717, 1.165) is 11.5 Å². The third-order valence-corrected chi connectivity index (χ3v) is 3.16. The molecule has 0 bridgehead atoms. The Morgan fingerprint density at radius 2 is 2.00 bits per heavy atom. The predicted molar refractivity (Wildman–Crippen MR) is 60.3 cm³/mol. The van der Waals surface area contributed by atoms with Crippen LogP contribution >= 0.6 is 0 Å². The topological polar surface area (TPSA) is 0 Å². The quantitative estimate of drug-likeness (QED) is 0.585. The summed E-state index contributed by atoms with van der Waals surface area (Å²) in [5.74, 6) is 3.52. The molecule has 0 heterocycles. The number of aryl methyl sites for hydroxylation is 1. The maximum Gasteiger partial charge on any atom is 0.0277 e. The summed E-state index contributed by atoms with van der Waals surface area (Å²) >= 11 is 0. The SMILES string of the molecule is C#Cc1ccc(C)cc1C1CCCC1. The van der Waals surface area contributed by atoms with E-state index in [1.165, 1.54) is 36.8 Å². The highest BCUT2D eigenvalue weighted by atomic mass is 14.2. The van der Waals surface area contributed by atoms with Crippen LogP contribution in [0, 0.1) is 19.3 Å². The molecule has 1 aliphatic rings. The summed E-state index contributed by atoms with van der Waals surface area (Å²) in [6, 6.07) is 6.46. The molecule has 1 fully saturated rings. The van der Waals surface area contributed by atoms with Crippen LogP contribution < -0.4 is 0 Å². The van der Waals surface area contributed by atoms with Crippen LogP contribution in [-0.4, -0.2) is 0 Å². The Bertz CT molecular complexity index is 362. The predicted octanol–water partition coefficient (Wildman–Crippen LogP) is 3.63. The van der Waals surface area contributed by atoms with E-state index in [4.69, 9.17) is 6.42 Å². The van der Waals surface area contributed by atoms with Gasteiger partial charge in [-0.05, 0) is 37.3 Å². The number of benzene rings is 1. The first-order valence-electron chi connectivity index (χ1n) is 5.38. The van der Waals surface area contributed by atoms with E-state index in [1.54, 1.807) is 0 Å². The van der Waals surface area contributed by atoms with E-state index < -0.39 is 0 Å². The highest BCUT2D eigenvalue weighted by molar-refractivity contribution is 5.44. The smallest absolute Gasteiger partial charge is 0.0277 e. The van der Waals surface area contributed by atoms with Crippen molar-refractivity contribution in [3.8, 4) is 12.3 Å². The van der Waals surface area contributed by atoms with Gasteiger partial charge in [-0.3, -0.25) is 0 Å². The van der Waals surface area contributed by atoms with Gasteiger partial charge in [0.25, 0.3) is 0 Å². The fraction of sp³-hybridized carbons (Fsp3) is 0.429. The van der Waals surface area contributed by atoms with Crippen molar-refractivity contribution in [3.05, 3.63) is 34.9 Å². The van der Waals surface area contributed by atoms with Crippen LogP contribution in [0.2, 0.25) is 0 Å². The molecule has 1 aliphatic carbocycles.